The summed E-state index contributed by atoms with van der Waals surface area (Å²) in [6, 6.07) is 4.18. The third-order valence-corrected chi connectivity index (χ3v) is 6.60. The third kappa shape index (κ3) is 3.27. The summed E-state index contributed by atoms with van der Waals surface area (Å²) in [6.45, 7) is 4.24. The minimum Gasteiger partial charge on any atom is -0.489 e. The highest BCUT2D eigenvalue weighted by molar-refractivity contribution is 5.99. The van der Waals surface area contributed by atoms with Crippen LogP contribution in [-0.4, -0.2) is 53.1 Å². The second-order valence-electron chi connectivity index (χ2n) is 8.79. The van der Waals surface area contributed by atoms with Crippen LogP contribution in [0.3, 0.4) is 0 Å². The predicted octanol–water partition coefficient (Wildman–Crippen LogP) is 3.30. The summed E-state index contributed by atoms with van der Waals surface area (Å²) < 4.78 is 24.6. The van der Waals surface area contributed by atoms with Gasteiger partial charge < -0.3 is 15.4 Å². The molecule has 6 rings (SSSR count). The molecule has 0 saturated carbocycles. The van der Waals surface area contributed by atoms with Crippen LogP contribution in [0.5, 0.6) is 5.75 Å². The Morgan fingerprint density at radius 2 is 2.08 bits per heavy atom. The number of fused-ring (bicyclic) bond motifs is 4. The van der Waals surface area contributed by atoms with Gasteiger partial charge >= 0.3 is 0 Å². The van der Waals surface area contributed by atoms with Crippen LogP contribution in [0.1, 0.15) is 34.7 Å². The summed E-state index contributed by atoms with van der Waals surface area (Å²) in [5.41, 5.74) is 10.6. The van der Waals surface area contributed by atoms with Gasteiger partial charge in [-0.1, -0.05) is 0 Å². The predicted molar refractivity (Wildman–Crippen MR) is 131 cm³/mol. The highest BCUT2D eigenvalue weighted by atomic mass is 19.1. The lowest BCUT2D eigenvalue weighted by Gasteiger charge is -2.26. The number of amides is 1. The zero-order valence-electron chi connectivity index (χ0n) is 19.9. The molecule has 182 valence electrons. The molecule has 0 radical (unpaired) electrons. The number of nitrogens with zero attached hydrogens (tertiary/aromatic N) is 7. The van der Waals surface area contributed by atoms with E-state index in [-0.39, 0.29) is 18.0 Å². The number of hydrogen-bond donors (Lipinski definition) is 1. The molecule has 0 bridgehead atoms. The molecular weight excluding hydrogens is 463 g/mol. The third-order valence-electron chi connectivity index (χ3n) is 6.60. The van der Waals surface area contributed by atoms with E-state index in [1.54, 1.807) is 32.7 Å². The van der Waals surface area contributed by atoms with Crippen molar-refractivity contribution in [1.29, 1.82) is 0 Å². The number of anilines is 1. The first kappa shape index (κ1) is 22.0. The highest BCUT2D eigenvalue weighted by Crippen LogP contribution is 2.38. The maximum Gasteiger partial charge on any atom is 0.257 e. The molecule has 1 aliphatic rings. The highest BCUT2D eigenvalue weighted by Gasteiger charge is 2.35. The molecule has 1 unspecified atom stereocenters. The van der Waals surface area contributed by atoms with Gasteiger partial charge in [0.15, 0.2) is 0 Å². The Balaban J connectivity index is 1.38. The maximum atomic E-state index is 15.2. The first-order valence-electron chi connectivity index (χ1n) is 11.5. The number of benzene rings is 1. The minimum absolute atomic E-state index is 0.0657. The number of carbonyl (C=O) groups is 1. The van der Waals surface area contributed by atoms with Crippen LogP contribution >= 0.6 is 0 Å². The number of aromatic nitrogens is 6. The Morgan fingerprint density at radius 3 is 2.83 bits per heavy atom. The number of imidazole rings is 1. The average Bonchev–Trinajstić information content (AvgIpc) is 3.58. The second-order valence-corrected chi connectivity index (χ2v) is 8.79. The number of hydrogen-bond acceptors (Lipinski definition) is 7. The van der Waals surface area contributed by atoms with E-state index in [0.717, 1.165) is 11.1 Å². The van der Waals surface area contributed by atoms with Crippen molar-refractivity contribution in [3.8, 4) is 16.9 Å². The van der Waals surface area contributed by atoms with E-state index < -0.39 is 17.8 Å². The average molecular weight is 487 g/mol. The number of ether oxygens (including phenoxy) is 1. The number of rotatable bonds is 4. The van der Waals surface area contributed by atoms with Crippen LogP contribution in [0.25, 0.3) is 27.7 Å². The molecule has 0 fully saturated rings. The Hall–Kier alpha value is -4.54. The van der Waals surface area contributed by atoms with E-state index in [1.165, 1.54) is 12.1 Å². The minimum atomic E-state index is -0.673. The number of aryl methyl sites for hydroxylation is 2. The summed E-state index contributed by atoms with van der Waals surface area (Å²) in [4.78, 5) is 28.5. The van der Waals surface area contributed by atoms with Crippen molar-refractivity contribution >= 4 is 28.3 Å². The van der Waals surface area contributed by atoms with Gasteiger partial charge in [0.2, 0.25) is 0 Å². The van der Waals surface area contributed by atoms with Crippen molar-refractivity contribution in [2.45, 2.75) is 19.9 Å². The fourth-order valence-electron chi connectivity index (χ4n) is 4.80. The molecule has 36 heavy (non-hydrogen) atoms. The van der Waals surface area contributed by atoms with Crippen molar-refractivity contribution in [1.82, 2.24) is 34.0 Å². The van der Waals surface area contributed by atoms with Gasteiger partial charge in [-0.15, -0.1) is 0 Å². The lowest BCUT2D eigenvalue weighted by molar-refractivity contribution is 0.0655. The smallest absolute Gasteiger partial charge is 0.257 e. The van der Waals surface area contributed by atoms with E-state index in [0.29, 0.717) is 40.2 Å². The van der Waals surface area contributed by atoms with E-state index in [4.69, 9.17) is 10.5 Å². The van der Waals surface area contributed by atoms with Crippen LogP contribution in [-0.2, 0) is 7.05 Å². The van der Waals surface area contributed by atoms with Crippen LogP contribution in [0.2, 0.25) is 0 Å². The fraction of sp³-hybridized carbons (Fsp3) is 0.240. The van der Waals surface area contributed by atoms with Crippen molar-refractivity contribution in [2.24, 2.45) is 7.05 Å². The van der Waals surface area contributed by atoms with Gasteiger partial charge in [0.1, 0.15) is 47.6 Å². The van der Waals surface area contributed by atoms with Crippen LogP contribution < -0.4 is 10.5 Å². The number of carbonyl (C=O) groups excluding carboxylic acids is 1. The standard InChI is InChI=1S/C25H23FN8O2/c1-4-33(20-11-36-21-5-14(8-28-22(20)21)15-9-30-32(3)10-15)25(35)16-6-19-18(7-17(16)26)31-24(27)23-13(2)29-12-34(19)23/h5-10,12,20H,4,11H2,1-3H3,(H2,27,31). The molecule has 11 heteroatoms. The van der Waals surface area contributed by atoms with Crippen LogP contribution in [0.4, 0.5) is 10.2 Å². The van der Waals surface area contributed by atoms with Gasteiger partial charge in [0, 0.05) is 43.2 Å². The zero-order valence-corrected chi connectivity index (χ0v) is 19.9. The summed E-state index contributed by atoms with van der Waals surface area (Å²) >= 11 is 0. The number of nitrogen functional groups attached to an aromatic ring is 1. The largest absolute Gasteiger partial charge is 0.489 e. The molecule has 5 aromatic rings. The molecule has 0 aliphatic carbocycles. The van der Waals surface area contributed by atoms with Crippen LogP contribution in [0.15, 0.2) is 43.1 Å². The van der Waals surface area contributed by atoms with Crippen LogP contribution in [0, 0.1) is 12.7 Å². The molecule has 0 spiro atoms. The normalized spacial score (nSPS) is 14.8. The van der Waals surface area contributed by atoms with E-state index in [9.17, 15) is 4.79 Å². The van der Waals surface area contributed by atoms with Gasteiger partial charge in [0.25, 0.3) is 5.91 Å². The first-order chi connectivity index (χ1) is 17.4. The molecule has 1 aromatic carbocycles. The zero-order chi connectivity index (χ0) is 25.1. The lowest BCUT2D eigenvalue weighted by atomic mass is 10.1. The van der Waals surface area contributed by atoms with Gasteiger partial charge in [-0.3, -0.25) is 18.9 Å². The van der Waals surface area contributed by atoms with Gasteiger partial charge in [-0.05, 0) is 26.0 Å². The molecule has 5 heterocycles. The topological polar surface area (TPSA) is 116 Å². The van der Waals surface area contributed by atoms with E-state index >= 15 is 4.39 Å². The maximum absolute atomic E-state index is 15.2. The van der Waals surface area contributed by atoms with Crippen molar-refractivity contribution in [3.63, 3.8) is 0 Å². The molecule has 1 amide bonds. The Labute approximate surface area is 205 Å². The molecule has 10 nitrogen and oxygen atoms in total. The number of likely N-dealkylation sites (N-methyl/N-ethyl adjacent to an activating group) is 1. The second kappa shape index (κ2) is 8.01. The van der Waals surface area contributed by atoms with Crippen molar-refractivity contribution < 1.29 is 13.9 Å². The van der Waals surface area contributed by atoms with Gasteiger partial charge in [0.05, 0.1) is 28.5 Å². The monoisotopic (exact) mass is 486 g/mol. The first-order valence-corrected chi connectivity index (χ1v) is 11.5. The number of halogens is 1. The van der Waals surface area contributed by atoms with Gasteiger partial charge in [-0.2, -0.15) is 5.10 Å². The molecular formula is C25H23FN8O2. The van der Waals surface area contributed by atoms with E-state index in [1.807, 2.05) is 33.2 Å². The Morgan fingerprint density at radius 1 is 1.25 bits per heavy atom. The Kier molecular flexibility index (Phi) is 4.88. The SMILES string of the molecule is CCN(C(=O)c1cc2c(cc1F)nc(N)c1c(C)ncn12)C1COc2cc(-c3cnn(C)c3)cnc21. The molecule has 4 aromatic heterocycles. The van der Waals surface area contributed by atoms with Crippen molar-refractivity contribution in [3.05, 3.63) is 65.9 Å². The fourth-order valence-corrected chi connectivity index (χ4v) is 4.80. The molecule has 2 N–H and O–H groups in total. The quantitative estimate of drug-likeness (QED) is 0.414. The Bertz CT molecular complexity index is 1670. The summed E-state index contributed by atoms with van der Waals surface area (Å²) in [7, 11) is 1.84. The van der Waals surface area contributed by atoms with Crippen molar-refractivity contribution in [2.75, 3.05) is 18.9 Å². The molecule has 1 aliphatic heterocycles. The summed E-state index contributed by atoms with van der Waals surface area (Å²) in [5, 5.41) is 4.20. The summed E-state index contributed by atoms with van der Waals surface area (Å²) in [5.74, 6) is -0.282. The lowest BCUT2D eigenvalue weighted by Crippen LogP contribution is -2.36. The number of nitrogens with two attached hydrogens (primary N) is 1. The van der Waals surface area contributed by atoms with Gasteiger partial charge in [-0.25, -0.2) is 14.4 Å². The number of pyridine rings is 1. The molecule has 1 atom stereocenters. The van der Waals surface area contributed by atoms with E-state index in [2.05, 4.69) is 20.1 Å². The molecule has 0 saturated heterocycles. The summed E-state index contributed by atoms with van der Waals surface area (Å²) in [6.07, 6.45) is 6.98.